The van der Waals surface area contributed by atoms with E-state index in [-0.39, 0.29) is 12.0 Å². The van der Waals surface area contributed by atoms with Crippen LogP contribution in [0.5, 0.6) is 11.5 Å². The molecule has 0 saturated heterocycles. The summed E-state index contributed by atoms with van der Waals surface area (Å²) in [4.78, 5) is 11.4. The molecule has 0 spiro atoms. The number of hydrogen-bond donors (Lipinski definition) is 0. The van der Waals surface area contributed by atoms with Crippen LogP contribution in [0.1, 0.15) is 23.7 Å². The van der Waals surface area contributed by atoms with Crippen LogP contribution in [-0.2, 0) is 0 Å². The van der Waals surface area contributed by atoms with Gasteiger partial charge in [0.2, 0.25) is 0 Å². The van der Waals surface area contributed by atoms with Crippen molar-refractivity contribution in [3.8, 4) is 11.5 Å². The fourth-order valence-electron chi connectivity index (χ4n) is 1.32. The average Bonchev–Trinajstić information content (AvgIpc) is 2.22. The van der Waals surface area contributed by atoms with E-state index in [0.717, 1.165) is 0 Å². The van der Waals surface area contributed by atoms with Gasteiger partial charge in [0.05, 0.1) is 0 Å². The zero-order valence-corrected chi connectivity index (χ0v) is 9.93. The van der Waals surface area contributed by atoms with Gasteiger partial charge in [0.1, 0.15) is 11.5 Å². The molecule has 0 saturated carbocycles. The van der Waals surface area contributed by atoms with Crippen molar-refractivity contribution in [2.75, 3.05) is 0 Å². The SMILES string of the molecule is CCC(=O)c1cc(OC(F)(F)F)cc(OC(F)(F)F)c1. The summed E-state index contributed by atoms with van der Waals surface area (Å²) < 4.78 is 79.3. The van der Waals surface area contributed by atoms with Crippen LogP contribution < -0.4 is 9.47 Å². The van der Waals surface area contributed by atoms with Gasteiger partial charge in [-0.15, -0.1) is 26.3 Å². The van der Waals surface area contributed by atoms with Crippen molar-refractivity contribution in [3.05, 3.63) is 23.8 Å². The maximum Gasteiger partial charge on any atom is 0.573 e. The van der Waals surface area contributed by atoms with Crippen molar-refractivity contribution < 1.29 is 40.6 Å². The Hall–Kier alpha value is -1.93. The highest BCUT2D eigenvalue weighted by Crippen LogP contribution is 2.31. The minimum absolute atomic E-state index is 0.0963. The average molecular weight is 302 g/mol. The lowest BCUT2D eigenvalue weighted by Gasteiger charge is -2.13. The molecule has 0 aromatic heterocycles. The van der Waals surface area contributed by atoms with Gasteiger partial charge < -0.3 is 9.47 Å². The number of carbonyl (C=O) groups is 1. The van der Waals surface area contributed by atoms with E-state index in [4.69, 9.17) is 0 Å². The molecule has 0 fully saturated rings. The Morgan fingerprint density at radius 1 is 0.950 bits per heavy atom. The summed E-state index contributed by atoms with van der Waals surface area (Å²) in [6.45, 7) is 1.41. The Kier molecular flexibility index (Phi) is 4.51. The van der Waals surface area contributed by atoms with Gasteiger partial charge in [0.15, 0.2) is 5.78 Å². The minimum Gasteiger partial charge on any atom is -0.406 e. The summed E-state index contributed by atoms with van der Waals surface area (Å²) in [5.41, 5.74) is -0.367. The van der Waals surface area contributed by atoms with Crippen LogP contribution in [0.3, 0.4) is 0 Å². The van der Waals surface area contributed by atoms with E-state index in [0.29, 0.717) is 18.2 Å². The number of hydrogen-bond acceptors (Lipinski definition) is 3. The molecule has 1 aromatic carbocycles. The van der Waals surface area contributed by atoms with Gasteiger partial charge in [-0.2, -0.15) is 0 Å². The third-order valence-electron chi connectivity index (χ3n) is 1.99. The lowest BCUT2D eigenvalue weighted by molar-refractivity contribution is -0.276. The van der Waals surface area contributed by atoms with Crippen LogP contribution in [0.25, 0.3) is 0 Å². The topological polar surface area (TPSA) is 35.5 Å². The zero-order valence-electron chi connectivity index (χ0n) is 9.93. The predicted octanol–water partition coefficient (Wildman–Crippen LogP) is 4.08. The summed E-state index contributed by atoms with van der Waals surface area (Å²) in [6, 6.07) is 1.79. The van der Waals surface area contributed by atoms with Crippen LogP contribution in [0.4, 0.5) is 26.3 Å². The normalized spacial score (nSPS) is 12.2. The second-order valence-corrected chi connectivity index (χ2v) is 3.57. The number of rotatable bonds is 4. The number of alkyl halides is 6. The van der Waals surface area contributed by atoms with Crippen LogP contribution >= 0.6 is 0 Å². The first-order valence-electron chi connectivity index (χ1n) is 5.20. The largest absolute Gasteiger partial charge is 0.573 e. The van der Waals surface area contributed by atoms with Crippen molar-refractivity contribution in [1.82, 2.24) is 0 Å². The van der Waals surface area contributed by atoms with Crippen molar-refractivity contribution in [2.24, 2.45) is 0 Å². The molecular formula is C11H8F6O3. The molecule has 0 unspecified atom stereocenters. The monoisotopic (exact) mass is 302 g/mol. The number of ether oxygens (including phenoxy) is 2. The number of halogens is 6. The summed E-state index contributed by atoms with van der Waals surface area (Å²) in [5, 5.41) is 0. The van der Waals surface area contributed by atoms with Gasteiger partial charge in [0.25, 0.3) is 0 Å². The summed E-state index contributed by atoms with van der Waals surface area (Å²) >= 11 is 0. The highest BCUT2D eigenvalue weighted by molar-refractivity contribution is 5.96. The predicted molar refractivity (Wildman–Crippen MR) is 54.4 cm³/mol. The molecule has 1 aromatic rings. The number of benzene rings is 1. The van der Waals surface area contributed by atoms with Crippen molar-refractivity contribution in [1.29, 1.82) is 0 Å². The second kappa shape index (κ2) is 5.59. The van der Waals surface area contributed by atoms with Crippen LogP contribution in [0.15, 0.2) is 18.2 Å². The highest BCUT2D eigenvalue weighted by atomic mass is 19.4. The van der Waals surface area contributed by atoms with E-state index in [9.17, 15) is 31.1 Å². The molecule has 0 aliphatic carbocycles. The second-order valence-electron chi connectivity index (χ2n) is 3.57. The zero-order chi connectivity index (χ0) is 15.6. The van der Waals surface area contributed by atoms with Crippen molar-refractivity contribution >= 4 is 5.78 Å². The molecule has 3 nitrogen and oxygen atoms in total. The van der Waals surface area contributed by atoms with Crippen molar-refractivity contribution in [3.63, 3.8) is 0 Å². The maximum atomic E-state index is 12.1. The Bertz CT molecular complexity index is 458. The van der Waals surface area contributed by atoms with E-state index in [2.05, 4.69) is 9.47 Å². The van der Waals surface area contributed by atoms with Gasteiger partial charge in [-0.05, 0) is 12.1 Å². The first-order chi connectivity index (χ1) is 9.00. The summed E-state index contributed by atoms with van der Waals surface area (Å²) in [6.07, 6.45) is -10.3. The lowest BCUT2D eigenvalue weighted by Crippen LogP contribution is -2.19. The Morgan fingerprint density at radius 2 is 1.35 bits per heavy atom. The third kappa shape index (κ3) is 5.37. The van der Waals surface area contributed by atoms with E-state index in [1.54, 1.807) is 0 Å². The summed E-state index contributed by atoms with van der Waals surface area (Å²) in [5.74, 6) is -2.57. The highest BCUT2D eigenvalue weighted by Gasteiger charge is 2.34. The Labute approximate surface area is 109 Å². The Morgan fingerprint density at radius 3 is 1.65 bits per heavy atom. The first kappa shape index (κ1) is 16.1. The maximum absolute atomic E-state index is 12.1. The molecular weight excluding hydrogens is 294 g/mol. The van der Waals surface area contributed by atoms with Crippen LogP contribution in [0, 0.1) is 0 Å². The molecule has 9 heteroatoms. The molecule has 0 N–H and O–H groups in total. The molecule has 0 amide bonds. The molecule has 0 bridgehead atoms. The number of carbonyl (C=O) groups excluding carboxylic acids is 1. The van der Waals surface area contributed by atoms with Gasteiger partial charge >= 0.3 is 12.7 Å². The van der Waals surface area contributed by atoms with Gasteiger partial charge in [0, 0.05) is 18.1 Å². The quantitative estimate of drug-likeness (QED) is 0.621. The first-order valence-corrected chi connectivity index (χ1v) is 5.20. The van der Waals surface area contributed by atoms with Crippen molar-refractivity contribution in [2.45, 2.75) is 26.1 Å². The fourth-order valence-corrected chi connectivity index (χ4v) is 1.32. The smallest absolute Gasteiger partial charge is 0.406 e. The molecule has 112 valence electrons. The molecule has 0 aliphatic rings. The molecule has 0 heterocycles. The fraction of sp³-hybridized carbons (Fsp3) is 0.364. The van der Waals surface area contributed by atoms with E-state index in [1.165, 1.54) is 6.92 Å². The molecule has 20 heavy (non-hydrogen) atoms. The number of ketones is 1. The molecule has 1 rings (SSSR count). The summed E-state index contributed by atoms with van der Waals surface area (Å²) in [7, 11) is 0. The minimum atomic E-state index is -5.09. The standard InChI is InChI=1S/C11H8F6O3/c1-2-9(18)6-3-7(19-10(12,13)14)5-8(4-6)20-11(15,16)17/h3-5H,2H2,1H3. The van der Waals surface area contributed by atoms with Crippen LogP contribution in [-0.4, -0.2) is 18.5 Å². The third-order valence-corrected chi connectivity index (χ3v) is 1.99. The van der Waals surface area contributed by atoms with E-state index in [1.807, 2.05) is 0 Å². The molecule has 0 aliphatic heterocycles. The van der Waals surface area contributed by atoms with Gasteiger partial charge in [-0.1, -0.05) is 6.92 Å². The van der Waals surface area contributed by atoms with E-state index >= 15 is 0 Å². The van der Waals surface area contributed by atoms with Gasteiger partial charge in [-0.3, -0.25) is 4.79 Å². The number of Topliss-reactive ketones (excluding diaryl/α,β-unsaturated/α-hetero) is 1. The lowest BCUT2D eigenvalue weighted by atomic mass is 10.1. The van der Waals surface area contributed by atoms with E-state index < -0.39 is 30.0 Å². The Balaban J connectivity index is 3.17. The van der Waals surface area contributed by atoms with Gasteiger partial charge in [-0.25, -0.2) is 0 Å². The molecule has 0 radical (unpaired) electrons. The van der Waals surface area contributed by atoms with Crippen LogP contribution in [0.2, 0.25) is 0 Å². The molecule has 0 atom stereocenters.